The van der Waals surface area contributed by atoms with Crippen molar-refractivity contribution in [3.05, 3.63) is 0 Å². The Labute approximate surface area is 142 Å². The van der Waals surface area contributed by atoms with Crippen LogP contribution in [0.4, 0.5) is 0 Å². The molecule has 0 amide bonds. The van der Waals surface area contributed by atoms with Gasteiger partial charge < -0.3 is 14.9 Å². The minimum absolute atomic E-state index is 0.0569. The number of ether oxygens (including phenoxy) is 1. The summed E-state index contributed by atoms with van der Waals surface area (Å²) < 4.78 is 5.94. The van der Waals surface area contributed by atoms with E-state index >= 15 is 0 Å². The lowest BCUT2D eigenvalue weighted by atomic mass is 9.60. The molecule has 0 saturated heterocycles. The molecule has 0 heterocycles. The first kappa shape index (κ1) is 19.2. The minimum atomic E-state index is -0.335. The van der Waals surface area contributed by atoms with Crippen LogP contribution >= 0.6 is 0 Å². The summed E-state index contributed by atoms with van der Waals surface area (Å²) in [6.45, 7) is 9.45. The van der Waals surface area contributed by atoms with Gasteiger partial charge in [-0.05, 0) is 74.5 Å². The maximum absolute atomic E-state index is 9.88. The Kier molecular flexibility index (Phi) is 6.94. The van der Waals surface area contributed by atoms with Crippen LogP contribution in [0.5, 0.6) is 0 Å². The first-order valence-electron chi connectivity index (χ1n) is 9.78. The molecular weight excluding hydrogens is 288 g/mol. The van der Waals surface area contributed by atoms with E-state index in [4.69, 9.17) is 4.74 Å². The lowest BCUT2D eigenvalue weighted by molar-refractivity contribution is -0.0572. The van der Waals surface area contributed by atoms with Crippen LogP contribution in [-0.4, -0.2) is 35.1 Å². The second kappa shape index (κ2) is 8.31. The van der Waals surface area contributed by atoms with Gasteiger partial charge in [-0.15, -0.1) is 0 Å². The highest BCUT2D eigenvalue weighted by Crippen LogP contribution is 2.48. The fourth-order valence-electron chi connectivity index (χ4n) is 4.55. The Bertz CT molecular complexity index is 337. The van der Waals surface area contributed by atoms with Crippen molar-refractivity contribution in [2.24, 2.45) is 23.2 Å². The molecule has 2 aliphatic rings. The molecule has 0 aromatic carbocycles. The van der Waals surface area contributed by atoms with E-state index in [-0.39, 0.29) is 18.1 Å². The summed E-state index contributed by atoms with van der Waals surface area (Å²) in [7, 11) is 0. The molecule has 2 aliphatic carbocycles. The number of hydrogen-bond donors (Lipinski definition) is 2. The lowest BCUT2D eigenvalue weighted by Gasteiger charge is -2.46. The van der Waals surface area contributed by atoms with E-state index in [2.05, 4.69) is 13.8 Å². The van der Waals surface area contributed by atoms with Crippen LogP contribution in [0.3, 0.4) is 0 Å². The molecule has 2 fully saturated rings. The third-order valence-corrected chi connectivity index (χ3v) is 6.75. The molecule has 1 unspecified atom stereocenters. The predicted octanol–water partition coefficient (Wildman–Crippen LogP) is 4.16. The van der Waals surface area contributed by atoms with Crippen LogP contribution in [0.1, 0.15) is 79.1 Å². The van der Waals surface area contributed by atoms with Crippen LogP contribution in [0.2, 0.25) is 0 Å². The molecule has 136 valence electrons. The Morgan fingerprint density at radius 1 is 0.913 bits per heavy atom. The Balaban J connectivity index is 1.76. The number of aliphatic hydroxyl groups is 2. The van der Waals surface area contributed by atoms with Crippen molar-refractivity contribution in [1.82, 2.24) is 0 Å². The van der Waals surface area contributed by atoms with Crippen molar-refractivity contribution >= 4 is 0 Å². The van der Waals surface area contributed by atoms with Gasteiger partial charge in [0.25, 0.3) is 0 Å². The molecule has 0 aromatic heterocycles. The lowest BCUT2D eigenvalue weighted by Crippen LogP contribution is -2.39. The normalized spacial score (nSPS) is 34.6. The van der Waals surface area contributed by atoms with Crippen molar-refractivity contribution in [2.75, 3.05) is 6.61 Å². The highest BCUT2D eigenvalue weighted by atomic mass is 16.5. The third-order valence-electron chi connectivity index (χ3n) is 6.75. The molecule has 0 bridgehead atoms. The van der Waals surface area contributed by atoms with E-state index < -0.39 is 0 Å². The monoisotopic (exact) mass is 326 g/mol. The minimum Gasteiger partial charge on any atom is -0.393 e. The van der Waals surface area contributed by atoms with Gasteiger partial charge >= 0.3 is 0 Å². The van der Waals surface area contributed by atoms with Gasteiger partial charge in [0.2, 0.25) is 0 Å². The van der Waals surface area contributed by atoms with Crippen LogP contribution in [-0.2, 0) is 4.74 Å². The van der Waals surface area contributed by atoms with Crippen molar-refractivity contribution in [2.45, 2.75) is 97.4 Å². The predicted molar refractivity (Wildman–Crippen MR) is 94.3 cm³/mol. The summed E-state index contributed by atoms with van der Waals surface area (Å²) in [6, 6.07) is 0. The van der Waals surface area contributed by atoms with Gasteiger partial charge in [0.15, 0.2) is 0 Å². The van der Waals surface area contributed by atoms with Crippen molar-refractivity contribution < 1.29 is 14.9 Å². The average Bonchev–Trinajstić information content (AvgIpc) is 2.53. The molecule has 2 N–H and O–H groups in total. The smallest absolute Gasteiger partial charge is 0.0796 e. The molecule has 0 aliphatic heterocycles. The van der Waals surface area contributed by atoms with E-state index in [1.54, 1.807) is 0 Å². The van der Waals surface area contributed by atoms with Gasteiger partial charge in [-0.1, -0.05) is 27.7 Å². The molecule has 3 nitrogen and oxygen atoms in total. The van der Waals surface area contributed by atoms with Gasteiger partial charge in [0.05, 0.1) is 24.9 Å². The van der Waals surface area contributed by atoms with Gasteiger partial charge in [0.1, 0.15) is 0 Å². The first-order valence-corrected chi connectivity index (χ1v) is 9.78. The van der Waals surface area contributed by atoms with Gasteiger partial charge in [-0.3, -0.25) is 0 Å². The third kappa shape index (κ3) is 5.17. The fraction of sp³-hybridized carbons (Fsp3) is 1.00. The summed E-state index contributed by atoms with van der Waals surface area (Å²) in [4.78, 5) is 0. The van der Waals surface area contributed by atoms with Crippen LogP contribution in [0, 0.1) is 23.2 Å². The van der Waals surface area contributed by atoms with Crippen LogP contribution in [0.15, 0.2) is 0 Å². The molecule has 0 radical (unpaired) electrons. The van der Waals surface area contributed by atoms with Crippen molar-refractivity contribution in [1.29, 1.82) is 0 Å². The molecule has 2 rings (SSSR count). The molecule has 3 heteroatoms. The summed E-state index contributed by atoms with van der Waals surface area (Å²) >= 11 is 0. The maximum Gasteiger partial charge on any atom is 0.0796 e. The van der Waals surface area contributed by atoms with E-state index in [1.165, 1.54) is 25.7 Å². The second-order valence-electron chi connectivity index (χ2n) is 8.95. The molecule has 0 spiro atoms. The highest BCUT2D eigenvalue weighted by Gasteiger charge is 2.40. The van der Waals surface area contributed by atoms with E-state index in [0.717, 1.165) is 37.5 Å². The SMILES string of the molecule is CC(C)C(O)COC1CCC(C(C)(C)C2CCC(O)CC2)CC1. The topological polar surface area (TPSA) is 49.7 Å². The quantitative estimate of drug-likeness (QED) is 0.770. The fourth-order valence-corrected chi connectivity index (χ4v) is 4.55. The molecule has 1 atom stereocenters. The maximum atomic E-state index is 9.88. The second-order valence-corrected chi connectivity index (χ2v) is 8.95. The first-order chi connectivity index (χ1) is 10.8. The van der Waals surface area contributed by atoms with E-state index in [1.807, 2.05) is 13.8 Å². The molecule has 0 aromatic rings. The molecule has 23 heavy (non-hydrogen) atoms. The summed E-state index contributed by atoms with van der Waals surface area (Å²) in [5, 5.41) is 19.6. The molecule has 2 saturated carbocycles. The number of aliphatic hydroxyl groups excluding tert-OH is 2. The summed E-state index contributed by atoms with van der Waals surface area (Å²) in [5.74, 6) is 1.81. The van der Waals surface area contributed by atoms with Crippen LogP contribution in [0.25, 0.3) is 0 Å². The zero-order valence-electron chi connectivity index (χ0n) is 15.6. The Morgan fingerprint density at radius 3 is 1.87 bits per heavy atom. The van der Waals surface area contributed by atoms with Gasteiger partial charge in [-0.25, -0.2) is 0 Å². The number of rotatable bonds is 6. The zero-order valence-corrected chi connectivity index (χ0v) is 15.6. The number of hydrogen-bond acceptors (Lipinski definition) is 3. The van der Waals surface area contributed by atoms with Crippen LogP contribution < -0.4 is 0 Å². The van der Waals surface area contributed by atoms with E-state index in [9.17, 15) is 10.2 Å². The van der Waals surface area contributed by atoms with E-state index in [0.29, 0.717) is 18.1 Å². The summed E-state index contributed by atoms with van der Waals surface area (Å²) in [5.41, 5.74) is 0.378. The summed E-state index contributed by atoms with van der Waals surface area (Å²) in [6.07, 6.45) is 9.04. The standard InChI is InChI=1S/C20H38O3/c1-14(2)19(22)13-23-18-11-7-16(8-12-18)20(3,4)15-5-9-17(21)10-6-15/h14-19,21-22H,5-13H2,1-4H3. The van der Waals surface area contributed by atoms with Crippen molar-refractivity contribution in [3.63, 3.8) is 0 Å². The van der Waals surface area contributed by atoms with Gasteiger partial charge in [-0.2, -0.15) is 0 Å². The highest BCUT2D eigenvalue weighted by molar-refractivity contribution is 4.90. The van der Waals surface area contributed by atoms with Gasteiger partial charge in [0, 0.05) is 0 Å². The molecular formula is C20H38O3. The zero-order chi connectivity index (χ0) is 17.0. The largest absolute Gasteiger partial charge is 0.393 e. The average molecular weight is 327 g/mol. The Morgan fingerprint density at radius 2 is 1.39 bits per heavy atom. The van der Waals surface area contributed by atoms with Crippen molar-refractivity contribution in [3.8, 4) is 0 Å². The Hall–Kier alpha value is -0.120.